The molecule has 0 aromatic heterocycles. The summed E-state index contributed by atoms with van der Waals surface area (Å²) in [6, 6.07) is 6.14. The van der Waals surface area contributed by atoms with Crippen molar-refractivity contribution >= 4 is 0 Å². The van der Waals surface area contributed by atoms with Gasteiger partial charge in [0.25, 0.3) is 0 Å². The summed E-state index contributed by atoms with van der Waals surface area (Å²) in [7, 11) is 0. The van der Waals surface area contributed by atoms with Crippen molar-refractivity contribution in [1.82, 2.24) is 0 Å². The molecule has 3 aliphatic rings. The SMILES string of the molecule is CCCCCCCC[C@@]12CCc3cc(O)ccc3[C@H]1CC[C@@]1(C)[C@H]2CC[C@@H]1O. The Morgan fingerprint density at radius 3 is 2.61 bits per heavy atom. The van der Waals surface area contributed by atoms with Crippen molar-refractivity contribution in [2.45, 2.75) is 109 Å². The summed E-state index contributed by atoms with van der Waals surface area (Å²) >= 11 is 0. The van der Waals surface area contributed by atoms with E-state index in [-0.39, 0.29) is 11.5 Å². The van der Waals surface area contributed by atoms with Gasteiger partial charge in [-0.05, 0) is 90.9 Å². The van der Waals surface area contributed by atoms with Crippen LogP contribution in [0.5, 0.6) is 5.75 Å². The van der Waals surface area contributed by atoms with E-state index in [2.05, 4.69) is 19.9 Å². The lowest BCUT2D eigenvalue weighted by Gasteiger charge is -2.58. The first kappa shape index (κ1) is 20.3. The third kappa shape index (κ3) is 3.30. The van der Waals surface area contributed by atoms with Crippen LogP contribution in [0.3, 0.4) is 0 Å². The first-order valence-corrected chi connectivity index (χ1v) is 12.0. The third-order valence-electron chi connectivity index (χ3n) is 9.00. The number of benzene rings is 1. The minimum Gasteiger partial charge on any atom is -0.508 e. The maximum atomic E-state index is 10.9. The van der Waals surface area contributed by atoms with Crippen LogP contribution in [0.15, 0.2) is 18.2 Å². The summed E-state index contributed by atoms with van der Waals surface area (Å²) < 4.78 is 0. The van der Waals surface area contributed by atoms with Gasteiger partial charge < -0.3 is 10.2 Å². The van der Waals surface area contributed by atoms with E-state index in [9.17, 15) is 10.2 Å². The second kappa shape index (κ2) is 8.01. The summed E-state index contributed by atoms with van der Waals surface area (Å²) in [6.07, 6.45) is 16.3. The molecule has 0 saturated heterocycles. The van der Waals surface area contributed by atoms with Crippen molar-refractivity contribution < 1.29 is 10.2 Å². The highest BCUT2D eigenvalue weighted by Gasteiger charge is 2.61. The highest BCUT2D eigenvalue weighted by molar-refractivity contribution is 5.41. The van der Waals surface area contributed by atoms with Crippen molar-refractivity contribution in [3.8, 4) is 5.75 Å². The Morgan fingerprint density at radius 2 is 1.79 bits per heavy atom. The van der Waals surface area contributed by atoms with E-state index in [1.54, 1.807) is 0 Å². The van der Waals surface area contributed by atoms with Crippen LogP contribution < -0.4 is 0 Å². The lowest BCUT2D eigenvalue weighted by atomic mass is 9.46. The minimum absolute atomic E-state index is 0.110. The summed E-state index contributed by atoms with van der Waals surface area (Å²) in [5, 5.41) is 20.8. The third-order valence-corrected chi connectivity index (χ3v) is 9.00. The molecule has 0 bridgehead atoms. The Kier molecular flexibility index (Phi) is 5.80. The fraction of sp³-hybridized carbons (Fsp3) is 0.769. The Labute approximate surface area is 171 Å². The van der Waals surface area contributed by atoms with Crippen LogP contribution in [0.2, 0.25) is 0 Å². The fourth-order valence-corrected chi connectivity index (χ4v) is 7.52. The first-order chi connectivity index (χ1) is 13.5. The van der Waals surface area contributed by atoms with Crippen LogP contribution in [0.25, 0.3) is 0 Å². The number of aromatic hydroxyl groups is 1. The highest BCUT2D eigenvalue weighted by Crippen LogP contribution is 2.68. The van der Waals surface area contributed by atoms with Crippen LogP contribution in [0.1, 0.15) is 108 Å². The van der Waals surface area contributed by atoms with Gasteiger partial charge in [-0.15, -0.1) is 0 Å². The average molecular weight is 385 g/mol. The first-order valence-electron chi connectivity index (χ1n) is 12.0. The quantitative estimate of drug-likeness (QED) is 0.512. The van der Waals surface area contributed by atoms with Gasteiger partial charge in [0.15, 0.2) is 0 Å². The molecule has 0 heterocycles. The predicted molar refractivity (Wildman–Crippen MR) is 116 cm³/mol. The van der Waals surface area contributed by atoms with Crippen LogP contribution in [-0.4, -0.2) is 16.3 Å². The van der Waals surface area contributed by atoms with Gasteiger partial charge in [-0.2, -0.15) is 0 Å². The Bertz CT molecular complexity index is 683. The second-order valence-corrected chi connectivity index (χ2v) is 10.4. The maximum Gasteiger partial charge on any atom is 0.115 e. The van der Waals surface area contributed by atoms with E-state index < -0.39 is 0 Å². The van der Waals surface area contributed by atoms with Crippen molar-refractivity contribution in [2.24, 2.45) is 16.7 Å². The summed E-state index contributed by atoms with van der Waals surface area (Å²) in [4.78, 5) is 0. The number of aliphatic hydroxyl groups is 1. The molecule has 2 heteroatoms. The van der Waals surface area contributed by atoms with E-state index >= 15 is 0 Å². The maximum absolute atomic E-state index is 10.9. The average Bonchev–Trinajstić information content (AvgIpc) is 3.00. The predicted octanol–water partition coefficient (Wildman–Crippen LogP) is 6.73. The second-order valence-electron chi connectivity index (χ2n) is 10.4. The van der Waals surface area contributed by atoms with Crippen molar-refractivity contribution in [3.05, 3.63) is 29.3 Å². The number of unbranched alkanes of at least 4 members (excludes halogenated alkanes) is 5. The highest BCUT2D eigenvalue weighted by atomic mass is 16.3. The van der Waals surface area contributed by atoms with Crippen LogP contribution in [0.4, 0.5) is 0 Å². The molecule has 1 aromatic carbocycles. The zero-order valence-electron chi connectivity index (χ0n) is 18.1. The van der Waals surface area contributed by atoms with Gasteiger partial charge >= 0.3 is 0 Å². The lowest BCUT2D eigenvalue weighted by molar-refractivity contribution is -0.0806. The number of hydrogen-bond acceptors (Lipinski definition) is 2. The molecule has 2 fully saturated rings. The van der Waals surface area contributed by atoms with Crippen molar-refractivity contribution in [1.29, 1.82) is 0 Å². The fourth-order valence-electron chi connectivity index (χ4n) is 7.52. The Morgan fingerprint density at radius 1 is 1.00 bits per heavy atom. The number of aliphatic hydroxyl groups excluding tert-OH is 1. The van der Waals surface area contributed by atoms with Crippen LogP contribution in [0, 0.1) is 16.7 Å². The number of rotatable bonds is 7. The zero-order chi connectivity index (χ0) is 19.8. The van der Waals surface area contributed by atoms with E-state index in [4.69, 9.17) is 0 Å². The van der Waals surface area contributed by atoms with Crippen LogP contribution >= 0.6 is 0 Å². The van der Waals surface area contributed by atoms with Gasteiger partial charge in [0.2, 0.25) is 0 Å². The number of aryl methyl sites for hydroxylation is 1. The molecule has 3 aliphatic carbocycles. The molecule has 0 unspecified atom stereocenters. The molecule has 0 aliphatic heterocycles. The zero-order valence-corrected chi connectivity index (χ0v) is 18.1. The molecule has 0 radical (unpaired) electrons. The Hall–Kier alpha value is -1.02. The molecule has 5 atom stereocenters. The number of fused-ring (bicyclic) bond motifs is 5. The molecule has 28 heavy (non-hydrogen) atoms. The van der Waals surface area contributed by atoms with Gasteiger partial charge in [-0.1, -0.05) is 58.4 Å². The lowest BCUT2D eigenvalue weighted by Crippen LogP contribution is -2.51. The van der Waals surface area contributed by atoms with E-state index in [0.717, 1.165) is 19.3 Å². The molecule has 0 spiro atoms. The molecule has 0 amide bonds. The number of phenolic OH excluding ortho intramolecular Hbond substituents is 1. The minimum atomic E-state index is -0.110. The number of phenols is 1. The van der Waals surface area contributed by atoms with Gasteiger partial charge in [0.1, 0.15) is 5.75 Å². The van der Waals surface area contributed by atoms with Crippen molar-refractivity contribution in [3.63, 3.8) is 0 Å². The van der Waals surface area contributed by atoms with E-state index in [1.165, 1.54) is 75.3 Å². The van der Waals surface area contributed by atoms with Crippen molar-refractivity contribution in [2.75, 3.05) is 0 Å². The van der Waals surface area contributed by atoms with Crippen LogP contribution in [-0.2, 0) is 6.42 Å². The summed E-state index contributed by atoms with van der Waals surface area (Å²) in [6.45, 7) is 4.68. The monoisotopic (exact) mass is 384 g/mol. The molecule has 1 aromatic rings. The van der Waals surface area contributed by atoms with Gasteiger partial charge in [-0.25, -0.2) is 0 Å². The molecule has 2 N–H and O–H groups in total. The standard InChI is InChI=1S/C26H40O2/c1-3-4-5-6-7-8-15-26-17-13-19-18-20(27)9-10-21(19)22(26)14-16-25(2)23(26)11-12-24(25)28/h9-10,18,22-24,27-28H,3-8,11-17H2,1-2H3/t22-,23-,24+,25+,26-/m1/s1. The number of hydrogen-bond donors (Lipinski definition) is 2. The summed E-state index contributed by atoms with van der Waals surface area (Å²) in [5.74, 6) is 1.70. The molecular formula is C26H40O2. The van der Waals surface area contributed by atoms with Gasteiger partial charge in [0.05, 0.1) is 6.10 Å². The molecule has 2 nitrogen and oxygen atoms in total. The van der Waals surface area contributed by atoms with E-state index in [1.807, 2.05) is 12.1 Å². The van der Waals surface area contributed by atoms with E-state index in [0.29, 0.717) is 23.0 Å². The summed E-state index contributed by atoms with van der Waals surface area (Å²) in [5.41, 5.74) is 3.37. The van der Waals surface area contributed by atoms with Gasteiger partial charge in [0, 0.05) is 0 Å². The Balaban J connectivity index is 1.60. The molecule has 4 rings (SSSR count). The molecule has 2 saturated carbocycles. The molecule has 156 valence electrons. The smallest absolute Gasteiger partial charge is 0.115 e. The largest absolute Gasteiger partial charge is 0.508 e. The topological polar surface area (TPSA) is 40.5 Å². The van der Waals surface area contributed by atoms with Gasteiger partial charge in [-0.3, -0.25) is 0 Å². The molecular weight excluding hydrogens is 344 g/mol. The normalized spacial score (nSPS) is 36.6.